The highest BCUT2D eigenvalue weighted by atomic mass is 32.2. The number of rotatable bonds is 4. The molecule has 8 heteroatoms. The fraction of sp³-hybridized carbons (Fsp3) is 0.538. The van der Waals surface area contributed by atoms with Crippen LogP contribution in [0.5, 0.6) is 0 Å². The number of hydrogen-bond acceptors (Lipinski definition) is 3. The van der Waals surface area contributed by atoms with Crippen LogP contribution in [-0.2, 0) is 10.0 Å². The zero-order valence-electron chi connectivity index (χ0n) is 11.4. The van der Waals surface area contributed by atoms with Gasteiger partial charge in [0, 0.05) is 24.7 Å². The van der Waals surface area contributed by atoms with E-state index >= 15 is 0 Å². The van der Waals surface area contributed by atoms with Gasteiger partial charge in [-0.05, 0) is 26.2 Å². The van der Waals surface area contributed by atoms with E-state index in [1.165, 1.54) is 6.92 Å². The van der Waals surface area contributed by atoms with Crippen molar-refractivity contribution in [3.8, 4) is 0 Å². The molecule has 1 N–H and O–H groups in total. The van der Waals surface area contributed by atoms with Crippen LogP contribution in [0, 0.1) is 17.5 Å². The molecular weight excluding hydrogens is 307 g/mol. The largest absolute Gasteiger partial charge is 0.393 e. The number of aliphatic hydroxyl groups excluding tert-OH is 1. The maximum Gasteiger partial charge on any atom is 0.249 e. The Morgan fingerprint density at radius 2 is 1.90 bits per heavy atom. The molecule has 0 saturated carbocycles. The van der Waals surface area contributed by atoms with Gasteiger partial charge in [-0.3, -0.25) is 0 Å². The first-order valence-corrected chi connectivity index (χ1v) is 8.02. The van der Waals surface area contributed by atoms with Gasteiger partial charge in [0.1, 0.15) is 17.5 Å². The lowest BCUT2D eigenvalue weighted by atomic mass is 10.1. The van der Waals surface area contributed by atoms with Crippen molar-refractivity contribution >= 4 is 10.0 Å². The Morgan fingerprint density at radius 1 is 1.33 bits per heavy atom. The number of hydrogen-bond donors (Lipinski definition) is 1. The van der Waals surface area contributed by atoms with Gasteiger partial charge in [0.05, 0.1) is 6.10 Å². The lowest BCUT2D eigenvalue weighted by molar-refractivity contribution is 0.157. The van der Waals surface area contributed by atoms with Crippen LogP contribution in [0.4, 0.5) is 13.2 Å². The Balaban J connectivity index is 2.43. The highest BCUT2D eigenvalue weighted by Crippen LogP contribution is 2.31. The third kappa shape index (κ3) is 3.22. The zero-order chi connectivity index (χ0) is 15.8. The molecule has 0 amide bonds. The summed E-state index contributed by atoms with van der Waals surface area (Å²) in [6, 6.07) is 0.171. The molecule has 4 nitrogen and oxygen atoms in total. The number of sulfonamides is 1. The molecule has 1 aliphatic heterocycles. The Bertz CT molecular complexity index is 611. The van der Waals surface area contributed by atoms with E-state index in [0.717, 1.165) is 4.31 Å². The van der Waals surface area contributed by atoms with E-state index in [2.05, 4.69) is 0 Å². The topological polar surface area (TPSA) is 57.6 Å². The summed E-state index contributed by atoms with van der Waals surface area (Å²) < 4.78 is 66.2. The van der Waals surface area contributed by atoms with Crippen molar-refractivity contribution in [3.05, 3.63) is 29.6 Å². The monoisotopic (exact) mass is 323 g/mol. The first kappa shape index (κ1) is 16.3. The molecule has 1 fully saturated rings. The average molecular weight is 323 g/mol. The first-order chi connectivity index (χ1) is 9.73. The molecule has 1 saturated heterocycles. The highest BCUT2D eigenvalue weighted by Gasteiger charge is 2.39. The van der Waals surface area contributed by atoms with Crippen LogP contribution in [0.3, 0.4) is 0 Å². The Labute approximate surface area is 121 Å². The summed E-state index contributed by atoms with van der Waals surface area (Å²) in [6.07, 6.45) is 0.507. The van der Waals surface area contributed by atoms with Gasteiger partial charge in [-0.25, -0.2) is 21.6 Å². The molecular formula is C13H16F3NO3S. The molecule has 0 aromatic heterocycles. The van der Waals surface area contributed by atoms with Gasteiger partial charge in [-0.15, -0.1) is 0 Å². The smallest absolute Gasteiger partial charge is 0.249 e. The highest BCUT2D eigenvalue weighted by molar-refractivity contribution is 7.89. The van der Waals surface area contributed by atoms with Crippen LogP contribution in [-0.4, -0.2) is 36.5 Å². The van der Waals surface area contributed by atoms with E-state index in [1.54, 1.807) is 0 Å². The number of nitrogens with zero attached hydrogens (tertiary/aromatic N) is 1. The molecule has 118 valence electrons. The van der Waals surface area contributed by atoms with E-state index in [9.17, 15) is 26.7 Å². The third-order valence-electron chi connectivity index (χ3n) is 3.47. The van der Waals surface area contributed by atoms with Crippen molar-refractivity contribution in [3.63, 3.8) is 0 Å². The van der Waals surface area contributed by atoms with Crippen LogP contribution < -0.4 is 0 Å². The lowest BCUT2D eigenvalue weighted by Crippen LogP contribution is -2.38. The van der Waals surface area contributed by atoms with Gasteiger partial charge in [0.15, 0.2) is 4.90 Å². The van der Waals surface area contributed by atoms with Gasteiger partial charge < -0.3 is 5.11 Å². The van der Waals surface area contributed by atoms with E-state index < -0.39 is 44.5 Å². The van der Waals surface area contributed by atoms with Crippen molar-refractivity contribution in [2.75, 3.05) is 6.54 Å². The van der Waals surface area contributed by atoms with E-state index in [4.69, 9.17) is 0 Å². The second-order valence-corrected chi connectivity index (χ2v) is 7.02. The van der Waals surface area contributed by atoms with E-state index in [0.29, 0.717) is 25.0 Å². The van der Waals surface area contributed by atoms with Crippen molar-refractivity contribution in [2.24, 2.45) is 0 Å². The fourth-order valence-electron chi connectivity index (χ4n) is 2.65. The van der Waals surface area contributed by atoms with Gasteiger partial charge >= 0.3 is 0 Å². The van der Waals surface area contributed by atoms with Crippen molar-refractivity contribution in [1.29, 1.82) is 0 Å². The quantitative estimate of drug-likeness (QED) is 0.922. The molecule has 1 aromatic carbocycles. The lowest BCUT2D eigenvalue weighted by Gasteiger charge is -2.25. The Morgan fingerprint density at radius 3 is 2.43 bits per heavy atom. The summed E-state index contributed by atoms with van der Waals surface area (Å²) in [5.74, 6) is -4.07. The Hall–Kier alpha value is -1.12. The van der Waals surface area contributed by atoms with E-state index in [1.807, 2.05) is 0 Å². The summed E-state index contributed by atoms with van der Waals surface area (Å²) in [7, 11) is -4.41. The van der Waals surface area contributed by atoms with E-state index in [-0.39, 0.29) is 13.0 Å². The molecule has 0 bridgehead atoms. The second-order valence-electron chi connectivity index (χ2n) is 5.20. The maximum absolute atomic E-state index is 13.7. The number of halogens is 3. The summed E-state index contributed by atoms with van der Waals surface area (Å²) in [5.41, 5.74) is 0. The minimum atomic E-state index is -4.41. The molecule has 2 rings (SSSR count). The van der Waals surface area contributed by atoms with Crippen molar-refractivity contribution in [1.82, 2.24) is 4.31 Å². The number of aliphatic hydroxyl groups is 1. The summed E-state index contributed by atoms with van der Waals surface area (Å²) in [6.45, 7) is 1.64. The molecule has 0 spiro atoms. The standard InChI is InChI=1S/C13H16F3NO3S/c1-8(18)5-10-3-2-4-17(10)21(19,20)13-11(15)6-9(14)7-12(13)16/h6-8,10,18H,2-5H2,1H3. The molecule has 0 aliphatic carbocycles. The van der Waals surface area contributed by atoms with Gasteiger partial charge in [0.2, 0.25) is 10.0 Å². The SMILES string of the molecule is CC(O)CC1CCCN1S(=O)(=O)c1c(F)cc(F)cc1F. The van der Waals surface area contributed by atoms with Crippen LogP contribution >= 0.6 is 0 Å². The maximum atomic E-state index is 13.7. The summed E-state index contributed by atoms with van der Waals surface area (Å²) >= 11 is 0. The molecule has 0 radical (unpaired) electrons. The molecule has 2 atom stereocenters. The summed E-state index contributed by atoms with van der Waals surface area (Å²) in [5, 5.41) is 9.39. The van der Waals surface area contributed by atoms with Gasteiger partial charge in [-0.1, -0.05) is 0 Å². The predicted molar refractivity (Wildman–Crippen MR) is 69.5 cm³/mol. The normalized spacial score (nSPS) is 21.7. The third-order valence-corrected chi connectivity index (χ3v) is 5.47. The van der Waals surface area contributed by atoms with Gasteiger partial charge in [0.25, 0.3) is 0 Å². The predicted octanol–water partition coefficient (Wildman–Crippen LogP) is 2.03. The van der Waals surface area contributed by atoms with Crippen LogP contribution in [0.15, 0.2) is 17.0 Å². The first-order valence-electron chi connectivity index (χ1n) is 6.58. The average Bonchev–Trinajstić information content (AvgIpc) is 2.74. The molecule has 1 aromatic rings. The second kappa shape index (κ2) is 5.94. The molecule has 2 unspecified atom stereocenters. The van der Waals surface area contributed by atoms with Crippen LogP contribution in [0.2, 0.25) is 0 Å². The van der Waals surface area contributed by atoms with Crippen molar-refractivity contribution < 1.29 is 26.7 Å². The minimum absolute atomic E-state index is 0.121. The Kier molecular flexibility index (Phi) is 4.60. The van der Waals surface area contributed by atoms with Crippen LogP contribution in [0.1, 0.15) is 26.2 Å². The molecule has 1 aliphatic rings. The van der Waals surface area contributed by atoms with Gasteiger partial charge in [-0.2, -0.15) is 4.31 Å². The molecule has 21 heavy (non-hydrogen) atoms. The minimum Gasteiger partial charge on any atom is -0.393 e. The molecule has 1 heterocycles. The van der Waals surface area contributed by atoms with Crippen molar-refractivity contribution in [2.45, 2.75) is 43.2 Å². The number of benzene rings is 1. The zero-order valence-corrected chi connectivity index (χ0v) is 12.2. The summed E-state index contributed by atoms with van der Waals surface area (Å²) in [4.78, 5) is -1.14. The fourth-order valence-corrected chi connectivity index (χ4v) is 4.45. The van der Waals surface area contributed by atoms with Crippen LogP contribution in [0.25, 0.3) is 0 Å².